The first-order valence-corrected chi connectivity index (χ1v) is 7.95. The van der Waals surface area contributed by atoms with Crippen molar-refractivity contribution < 1.29 is 9.53 Å². The summed E-state index contributed by atoms with van der Waals surface area (Å²) in [5.74, 6) is 2.41. The molecule has 1 unspecified atom stereocenters. The molecule has 1 aliphatic heterocycles. The second-order valence-electron chi connectivity index (χ2n) is 7.65. The third kappa shape index (κ3) is 1.79. The molecule has 0 aromatic rings. The van der Waals surface area contributed by atoms with E-state index in [9.17, 15) is 10.1 Å². The lowest BCUT2D eigenvalue weighted by atomic mass is 9.49. The first-order chi connectivity index (χ1) is 9.63. The van der Waals surface area contributed by atoms with Gasteiger partial charge in [-0.2, -0.15) is 5.26 Å². The van der Waals surface area contributed by atoms with Crippen LogP contribution in [0.15, 0.2) is 0 Å². The Morgan fingerprint density at radius 2 is 1.75 bits per heavy atom. The van der Waals surface area contributed by atoms with E-state index < -0.39 is 5.54 Å². The highest BCUT2D eigenvalue weighted by molar-refractivity contribution is 5.84. The molecule has 4 saturated carbocycles. The van der Waals surface area contributed by atoms with E-state index in [1.165, 1.54) is 19.3 Å². The van der Waals surface area contributed by atoms with E-state index in [-0.39, 0.29) is 11.3 Å². The Morgan fingerprint density at radius 1 is 1.15 bits per heavy atom. The molecule has 4 bridgehead atoms. The molecule has 108 valence electrons. The largest absolute Gasteiger partial charge is 0.378 e. The fourth-order valence-electron chi connectivity index (χ4n) is 5.52. The van der Waals surface area contributed by atoms with Gasteiger partial charge in [-0.15, -0.1) is 0 Å². The van der Waals surface area contributed by atoms with Crippen molar-refractivity contribution >= 4 is 5.91 Å². The van der Waals surface area contributed by atoms with Crippen molar-refractivity contribution in [3.05, 3.63) is 0 Å². The van der Waals surface area contributed by atoms with Crippen molar-refractivity contribution in [3.8, 4) is 6.07 Å². The van der Waals surface area contributed by atoms with Crippen molar-refractivity contribution in [2.45, 2.75) is 50.5 Å². The lowest BCUT2D eigenvalue weighted by Gasteiger charge is -2.56. The molecular formula is C16H22N2O2. The summed E-state index contributed by atoms with van der Waals surface area (Å²) < 4.78 is 5.33. The van der Waals surface area contributed by atoms with Gasteiger partial charge in [-0.1, -0.05) is 0 Å². The first-order valence-electron chi connectivity index (χ1n) is 7.95. The highest BCUT2D eigenvalue weighted by Crippen LogP contribution is 2.60. The van der Waals surface area contributed by atoms with Crippen molar-refractivity contribution in [2.75, 3.05) is 13.2 Å². The zero-order valence-corrected chi connectivity index (χ0v) is 11.9. The molecule has 0 spiro atoms. The van der Waals surface area contributed by atoms with Crippen molar-refractivity contribution in [3.63, 3.8) is 0 Å². The molecule has 0 radical (unpaired) electrons. The van der Waals surface area contributed by atoms with Crippen molar-refractivity contribution in [1.82, 2.24) is 5.32 Å². The average Bonchev–Trinajstić information content (AvgIpc) is 2.86. The maximum absolute atomic E-state index is 12.9. The van der Waals surface area contributed by atoms with E-state index in [2.05, 4.69) is 11.4 Å². The molecule has 1 amide bonds. The SMILES string of the molecule is N#CC1(NC(=O)C23CC4CC(CC(C4)C2)C3)CCOC1. The van der Waals surface area contributed by atoms with Crippen LogP contribution in [0.2, 0.25) is 0 Å². The molecule has 5 aliphatic rings. The number of rotatable bonds is 2. The van der Waals surface area contributed by atoms with Crippen molar-refractivity contribution in [2.24, 2.45) is 23.2 Å². The fourth-order valence-corrected chi connectivity index (χ4v) is 5.52. The summed E-state index contributed by atoms with van der Waals surface area (Å²) >= 11 is 0. The van der Waals surface area contributed by atoms with Crippen LogP contribution >= 0.6 is 0 Å². The van der Waals surface area contributed by atoms with Gasteiger partial charge in [0.05, 0.1) is 24.7 Å². The van der Waals surface area contributed by atoms with Crippen LogP contribution in [0.3, 0.4) is 0 Å². The summed E-state index contributed by atoms with van der Waals surface area (Å²) in [6.45, 7) is 0.927. The molecule has 4 heteroatoms. The van der Waals surface area contributed by atoms with Crippen LogP contribution in [0.25, 0.3) is 0 Å². The smallest absolute Gasteiger partial charge is 0.227 e. The van der Waals surface area contributed by atoms with Gasteiger partial charge in [-0.05, 0) is 56.3 Å². The summed E-state index contributed by atoms with van der Waals surface area (Å²) in [6.07, 6.45) is 7.77. The lowest BCUT2D eigenvalue weighted by molar-refractivity contribution is -0.147. The van der Waals surface area contributed by atoms with Gasteiger partial charge in [0.1, 0.15) is 0 Å². The van der Waals surface area contributed by atoms with Crippen LogP contribution in [0, 0.1) is 34.5 Å². The van der Waals surface area contributed by atoms with E-state index in [0.29, 0.717) is 19.6 Å². The van der Waals surface area contributed by atoms with Gasteiger partial charge < -0.3 is 10.1 Å². The summed E-state index contributed by atoms with van der Waals surface area (Å²) in [6, 6.07) is 2.28. The maximum atomic E-state index is 12.9. The standard InChI is InChI=1S/C16H22N2O2/c17-9-16(1-2-20-10-16)18-14(19)15-6-11-3-12(7-15)5-13(4-11)8-15/h11-13H,1-8,10H2,(H,18,19). The minimum Gasteiger partial charge on any atom is -0.378 e. The van der Waals surface area contributed by atoms with Crippen LogP contribution in [0.1, 0.15) is 44.9 Å². The highest BCUT2D eigenvalue weighted by atomic mass is 16.5. The third-order valence-corrected chi connectivity index (χ3v) is 6.11. The van der Waals surface area contributed by atoms with E-state index in [0.717, 1.165) is 37.0 Å². The Balaban J connectivity index is 1.55. The van der Waals surface area contributed by atoms with Crippen LogP contribution < -0.4 is 5.32 Å². The highest BCUT2D eigenvalue weighted by Gasteiger charge is 2.55. The number of carbonyl (C=O) groups is 1. The van der Waals surface area contributed by atoms with Crippen molar-refractivity contribution in [1.29, 1.82) is 5.26 Å². The minimum absolute atomic E-state index is 0.142. The van der Waals surface area contributed by atoms with Crippen LogP contribution in [0.5, 0.6) is 0 Å². The Bertz CT molecular complexity index is 438. The molecule has 0 aromatic carbocycles. The summed E-state index contributed by atoms with van der Waals surface area (Å²) in [7, 11) is 0. The number of nitriles is 1. The van der Waals surface area contributed by atoms with E-state index >= 15 is 0 Å². The fraction of sp³-hybridized carbons (Fsp3) is 0.875. The summed E-state index contributed by atoms with van der Waals surface area (Å²) in [5.41, 5.74) is -0.929. The Labute approximate surface area is 119 Å². The molecule has 1 heterocycles. The van der Waals surface area contributed by atoms with Gasteiger partial charge in [0.2, 0.25) is 5.91 Å². The molecule has 1 saturated heterocycles. The summed E-state index contributed by atoms with van der Waals surface area (Å²) in [5, 5.41) is 12.5. The van der Waals surface area contributed by atoms with E-state index in [1.807, 2.05) is 0 Å². The zero-order valence-electron chi connectivity index (χ0n) is 11.9. The first kappa shape index (κ1) is 12.6. The van der Waals surface area contributed by atoms with Crippen LogP contribution in [-0.4, -0.2) is 24.7 Å². The van der Waals surface area contributed by atoms with Crippen LogP contribution in [-0.2, 0) is 9.53 Å². The molecular weight excluding hydrogens is 252 g/mol. The lowest BCUT2D eigenvalue weighted by Crippen LogP contribution is -2.58. The average molecular weight is 274 g/mol. The molecule has 4 nitrogen and oxygen atoms in total. The molecule has 20 heavy (non-hydrogen) atoms. The van der Waals surface area contributed by atoms with Gasteiger partial charge >= 0.3 is 0 Å². The van der Waals surface area contributed by atoms with E-state index in [4.69, 9.17) is 4.74 Å². The maximum Gasteiger partial charge on any atom is 0.227 e. The monoisotopic (exact) mass is 274 g/mol. The normalized spacial score (nSPS) is 49.0. The van der Waals surface area contributed by atoms with Crippen LogP contribution in [0.4, 0.5) is 0 Å². The van der Waals surface area contributed by atoms with Gasteiger partial charge in [0, 0.05) is 6.42 Å². The number of hydrogen-bond acceptors (Lipinski definition) is 3. The van der Waals surface area contributed by atoms with Gasteiger partial charge in [-0.25, -0.2) is 0 Å². The summed E-state index contributed by atoms with van der Waals surface area (Å²) in [4.78, 5) is 12.9. The second kappa shape index (κ2) is 4.21. The van der Waals surface area contributed by atoms with Gasteiger partial charge in [-0.3, -0.25) is 4.79 Å². The quantitative estimate of drug-likeness (QED) is 0.837. The number of nitrogens with zero attached hydrogens (tertiary/aromatic N) is 1. The van der Waals surface area contributed by atoms with Gasteiger partial charge in [0.25, 0.3) is 0 Å². The Hall–Kier alpha value is -1.08. The molecule has 5 fully saturated rings. The van der Waals surface area contributed by atoms with Gasteiger partial charge in [0.15, 0.2) is 5.54 Å². The Kier molecular flexibility index (Phi) is 2.66. The predicted molar refractivity (Wildman–Crippen MR) is 72.5 cm³/mol. The number of amides is 1. The zero-order chi connectivity index (χ0) is 13.8. The molecule has 5 rings (SSSR count). The molecule has 0 aromatic heterocycles. The number of carbonyl (C=O) groups excluding carboxylic acids is 1. The third-order valence-electron chi connectivity index (χ3n) is 6.11. The minimum atomic E-state index is -0.763. The number of hydrogen-bond donors (Lipinski definition) is 1. The molecule has 1 N–H and O–H groups in total. The number of ether oxygens (including phenoxy) is 1. The Morgan fingerprint density at radius 3 is 2.20 bits per heavy atom. The molecule has 1 atom stereocenters. The topological polar surface area (TPSA) is 62.1 Å². The second-order valence-corrected chi connectivity index (χ2v) is 7.65. The number of nitrogens with one attached hydrogen (secondary N) is 1. The van der Waals surface area contributed by atoms with E-state index in [1.54, 1.807) is 0 Å². The predicted octanol–water partition coefficient (Wildman–Crippen LogP) is 2.00. The molecule has 4 aliphatic carbocycles.